The molecule has 3 amide bonds. The number of amides is 3. The van der Waals surface area contributed by atoms with Gasteiger partial charge in [0.1, 0.15) is 17.7 Å². The number of hydrogen-bond acceptors (Lipinski definition) is 7. The second kappa shape index (κ2) is 11.0. The standard InChI is InChI=1S/C25H32N4O6/c1-23(2,29-22(33)35-16-17-12-8-7-9-13-17)19(30)28-25(5,18-14-10-11-15-26-18)20(31)27-24(3,4)21(32)34-6/h7-15H,16H2,1-6H3,(H,27,31)(H,28,30)(H,29,33)/t25-/m1/s1. The van der Waals surface area contributed by atoms with Gasteiger partial charge in [0.15, 0.2) is 5.54 Å². The molecule has 0 bridgehead atoms. The largest absolute Gasteiger partial charge is 0.467 e. The van der Waals surface area contributed by atoms with Gasteiger partial charge in [-0.05, 0) is 52.3 Å². The first-order valence-corrected chi connectivity index (χ1v) is 11.0. The normalized spacial score (nSPS) is 13.1. The molecule has 0 spiro atoms. The molecule has 0 saturated carbocycles. The van der Waals surface area contributed by atoms with Crippen LogP contribution in [0.1, 0.15) is 45.9 Å². The van der Waals surface area contributed by atoms with Crippen LogP contribution in [0.2, 0.25) is 0 Å². The Kier molecular flexibility index (Phi) is 8.57. The number of pyridine rings is 1. The number of carbonyl (C=O) groups is 4. The number of hydrogen-bond donors (Lipinski definition) is 3. The van der Waals surface area contributed by atoms with Crippen molar-refractivity contribution in [3.63, 3.8) is 0 Å². The lowest BCUT2D eigenvalue weighted by atomic mass is 9.91. The van der Waals surface area contributed by atoms with Gasteiger partial charge in [0.25, 0.3) is 5.91 Å². The van der Waals surface area contributed by atoms with Crippen molar-refractivity contribution in [1.82, 2.24) is 20.9 Å². The van der Waals surface area contributed by atoms with Crippen molar-refractivity contribution < 1.29 is 28.7 Å². The van der Waals surface area contributed by atoms with E-state index < -0.39 is 40.5 Å². The lowest BCUT2D eigenvalue weighted by Crippen LogP contribution is -2.65. The number of methoxy groups -OCH3 is 1. The Morgan fingerprint density at radius 1 is 0.800 bits per heavy atom. The minimum Gasteiger partial charge on any atom is -0.467 e. The summed E-state index contributed by atoms with van der Waals surface area (Å²) in [6, 6.07) is 14.0. The number of esters is 1. The van der Waals surface area contributed by atoms with Crippen molar-refractivity contribution in [3.05, 3.63) is 66.0 Å². The van der Waals surface area contributed by atoms with E-state index >= 15 is 0 Å². The van der Waals surface area contributed by atoms with Crippen molar-refractivity contribution in [2.75, 3.05) is 7.11 Å². The highest BCUT2D eigenvalue weighted by atomic mass is 16.5. The maximum Gasteiger partial charge on any atom is 0.408 e. The third-order valence-electron chi connectivity index (χ3n) is 5.31. The molecular formula is C25H32N4O6. The molecule has 1 atom stereocenters. The van der Waals surface area contributed by atoms with E-state index in [2.05, 4.69) is 20.9 Å². The first kappa shape index (κ1) is 27.3. The molecule has 10 nitrogen and oxygen atoms in total. The summed E-state index contributed by atoms with van der Waals surface area (Å²) in [5.41, 5.74) is -3.49. The molecule has 10 heteroatoms. The summed E-state index contributed by atoms with van der Waals surface area (Å²) >= 11 is 0. The number of ether oxygens (including phenoxy) is 2. The first-order valence-electron chi connectivity index (χ1n) is 11.0. The molecule has 3 N–H and O–H groups in total. The van der Waals surface area contributed by atoms with Gasteiger partial charge in [0.2, 0.25) is 5.91 Å². The van der Waals surface area contributed by atoms with E-state index in [1.807, 2.05) is 18.2 Å². The van der Waals surface area contributed by atoms with Crippen molar-refractivity contribution in [3.8, 4) is 0 Å². The molecule has 0 saturated heterocycles. The Morgan fingerprint density at radius 2 is 1.43 bits per heavy atom. The van der Waals surface area contributed by atoms with Crippen LogP contribution in [0.15, 0.2) is 54.7 Å². The van der Waals surface area contributed by atoms with Gasteiger partial charge in [-0.2, -0.15) is 0 Å². The average molecular weight is 485 g/mol. The van der Waals surface area contributed by atoms with E-state index in [9.17, 15) is 19.2 Å². The van der Waals surface area contributed by atoms with E-state index in [1.54, 1.807) is 30.3 Å². The van der Waals surface area contributed by atoms with Gasteiger partial charge in [0, 0.05) is 6.20 Å². The quantitative estimate of drug-likeness (QED) is 0.464. The fourth-order valence-corrected chi connectivity index (χ4v) is 3.07. The van der Waals surface area contributed by atoms with Crippen molar-refractivity contribution >= 4 is 23.9 Å². The van der Waals surface area contributed by atoms with Gasteiger partial charge in [-0.15, -0.1) is 0 Å². The first-order chi connectivity index (χ1) is 16.3. The second-order valence-corrected chi connectivity index (χ2v) is 9.18. The van der Waals surface area contributed by atoms with Gasteiger partial charge in [0.05, 0.1) is 12.8 Å². The summed E-state index contributed by atoms with van der Waals surface area (Å²) in [5, 5.41) is 7.79. The van der Waals surface area contributed by atoms with Gasteiger partial charge < -0.3 is 25.4 Å². The number of aromatic nitrogens is 1. The van der Waals surface area contributed by atoms with E-state index in [4.69, 9.17) is 9.47 Å². The van der Waals surface area contributed by atoms with E-state index in [1.165, 1.54) is 47.9 Å². The number of alkyl carbamates (subject to hydrolysis) is 1. The smallest absolute Gasteiger partial charge is 0.408 e. The van der Waals surface area contributed by atoms with Crippen LogP contribution in [-0.4, -0.2) is 47.0 Å². The fourth-order valence-electron chi connectivity index (χ4n) is 3.07. The van der Waals surface area contributed by atoms with Crippen LogP contribution in [0.5, 0.6) is 0 Å². The summed E-state index contributed by atoms with van der Waals surface area (Å²) in [5.74, 6) is -2.03. The number of carbonyl (C=O) groups excluding carboxylic acids is 4. The minimum absolute atomic E-state index is 0.0288. The third-order valence-corrected chi connectivity index (χ3v) is 5.31. The number of nitrogens with one attached hydrogen (secondary N) is 3. The predicted octanol–water partition coefficient (Wildman–Crippen LogP) is 2.19. The summed E-state index contributed by atoms with van der Waals surface area (Å²) in [4.78, 5) is 55.3. The van der Waals surface area contributed by atoms with Crippen LogP contribution in [0.25, 0.3) is 0 Å². The number of rotatable bonds is 9. The molecule has 1 aromatic heterocycles. The second-order valence-electron chi connectivity index (χ2n) is 9.18. The zero-order valence-corrected chi connectivity index (χ0v) is 20.8. The Balaban J connectivity index is 2.20. The molecular weight excluding hydrogens is 452 g/mol. The van der Waals surface area contributed by atoms with Gasteiger partial charge in [-0.3, -0.25) is 14.6 Å². The van der Waals surface area contributed by atoms with Crippen molar-refractivity contribution in [2.45, 2.75) is 57.8 Å². The maximum atomic E-state index is 13.4. The molecule has 35 heavy (non-hydrogen) atoms. The number of benzene rings is 1. The molecule has 0 aliphatic rings. The molecule has 188 valence electrons. The van der Waals surface area contributed by atoms with Gasteiger partial charge in [-0.25, -0.2) is 9.59 Å². The summed E-state index contributed by atoms with van der Waals surface area (Å²) in [6.07, 6.45) is 0.674. The van der Waals surface area contributed by atoms with E-state index in [0.29, 0.717) is 0 Å². The van der Waals surface area contributed by atoms with Crippen LogP contribution in [0.3, 0.4) is 0 Å². The topological polar surface area (TPSA) is 136 Å². The molecule has 0 unspecified atom stereocenters. The van der Waals surface area contributed by atoms with Crippen LogP contribution < -0.4 is 16.0 Å². The summed E-state index contributed by atoms with van der Waals surface area (Å²) < 4.78 is 9.96. The highest BCUT2D eigenvalue weighted by Gasteiger charge is 2.45. The van der Waals surface area contributed by atoms with Gasteiger partial charge >= 0.3 is 12.1 Å². The van der Waals surface area contributed by atoms with Crippen LogP contribution in [0, 0.1) is 0 Å². The lowest BCUT2D eigenvalue weighted by molar-refractivity contribution is -0.150. The van der Waals surface area contributed by atoms with E-state index in [0.717, 1.165) is 5.56 Å². The highest BCUT2D eigenvalue weighted by molar-refractivity contribution is 5.98. The summed E-state index contributed by atoms with van der Waals surface area (Å²) in [7, 11) is 1.21. The maximum absolute atomic E-state index is 13.4. The van der Waals surface area contributed by atoms with Crippen LogP contribution in [0.4, 0.5) is 4.79 Å². The SMILES string of the molecule is COC(=O)C(C)(C)NC(=O)[C@](C)(NC(=O)C(C)(C)NC(=O)OCc1ccccc1)c1ccccn1. The Bertz CT molecular complexity index is 1060. The molecule has 2 rings (SSSR count). The Hall–Kier alpha value is -3.95. The third kappa shape index (κ3) is 7.02. The molecule has 1 heterocycles. The summed E-state index contributed by atoms with van der Waals surface area (Å²) in [6.45, 7) is 7.39. The molecule has 2 aromatic rings. The van der Waals surface area contributed by atoms with Crippen molar-refractivity contribution in [1.29, 1.82) is 0 Å². The molecule has 1 aromatic carbocycles. The Morgan fingerprint density at radius 3 is 2.00 bits per heavy atom. The monoisotopic (exact) mass is 484 g/mol. The zero-order valence-electron chi connectivity index (χ0n) is 20.8. The lowest BCUT2D eigenvalue weighted by Gasteiger charge is -2.35. The highest BCUT2D eigenvalue weighted by Crippen LogP contribution is 2.22. The van der Waals surface area contributed by atoms with E-state index in [-0.39, 0.29) is 12.3 Å². The van der Waals surface area contributed by atoms with Crippen LogP contribution in [-0.2, 0) is 36.0 Å². The van der Waals surface area contributed by atoms with Crippen molar-refractivity contribution in [2.24, 2.45) is 0 Å². The minimum atomic E-state index is -1.68. The molecule has 0 aliphatic carbocycles. The predicted molar refractivity (Wildman–Crippen MR) is 128 cm³/mol. The number of nitrogens with zero attached hydrogens (tertiary/aromatic N) is 1. The molecule has 0 fully saturated rings. The Labute approximate surface area is 204 Å². The average Bonchev–Trinajstić information content (AvgIpc) is 2.82. The fraction of sp³-hybridized carbons (Fsp3) is 0.400. The molecule has 0 radical (unpaired) electrons. The zero-order chi connectivity index (χ0) is 26.3. The van der Waals surface area contributed by atoms with Crippen LogP contribution >= 0.6 is 0 Å². The molecule has 0 aliphatic heterocycles. The van der Waals surface area contributed by atoms with Gasteiger partial charge in [-0.1, -0.05) is 36.4 Å².